The zero-order valence-corrected chi connectivity index (χ0v) is 13.1. The molecule has 1 heterocycles. The van der Waals surface area contributed by atoms with Crippen molar-refractivity contribution in [1.29, 1.82) is 0 Å². The smallest absolute Gasteiger partial charge is 0.250 e. The van der Waals surface area contributed by atoms with Crippen LogP contribution in [0.2, 0.25) is 0 Å². The molecule has 104 valence electrons. The van der Waals surface area contributed by atoms with Crippen LogP contribution in [-0.2, 0) is 6.54 Å². The molecule has 0 radical (unpaired) electrons. The molecule has 1 aromatic heterocycles. The van der Waals surface area contributed by atoms with Crippen molar-refractivity contribution in [2.75, 3.05) is 5.33 Å². The summed E-state index contributed by atoms with van der Waals surface area (Å²) < 4.78 is 2.09. The van der Waals surface area contributed by atoms with Crippen molar-refractivity contribution in [1.82, 2.24) is 0 Å². The van der Waals surface area contributed by atoms with E-state index in [9.17, 15) is 4.79 Å². The second-order valence-corrected chi connectivity index (χ2v) is 5.47. The average molecular weight is 341 g/mol. The first kappa shape index (κ1) is 14.0. The highest BCUT2D eigenvalue weighted by molar-refractivity contribution is 9.09. The minimum Gasteiger partial charge on any atom is -0.286 e. The molecule has 3 aromatic rings. The summed E-state index contributed by atoms with van der Waals surface area (Å²) in [5.41, 5.74) is 2.99. The van der Waals surface area contributed by atoms with Crippen LogP contribution >= 0.6 is 15.9 Å². The number of Topliss-reactive ketones (excluding diaryl/α,β-unsaturated/α-hetero) is 1. The van der Waals surface area contributed by atoms with E-state index in [2.05, 4.69) is 44.8 Å². The Morgan fingerprint density at radius 2 is 1.62 bits per heavy atom. The van der Waals surface area contributed by atoms with E-state index >= 15 is 0 Å². The number of benzene rings is 2. The lowest BCUT2D eigenvalue weighted by molar-refractivity contribution is -0.664. The first-order valence-electron chi connectivity index (χ1n) is 6.84. The van der Waals surface area contributed by atoms with Crippen LogP contribution in [0.4, 0.5) is 0 Å². The summed E-state index contributed by atoms with van der Waals surface area (Å²) in [7, 11) is 0. The Labute approximate surface area is 132 Å². The molecule has 0 saturated heterocycles. The van der Waals surface area contributed by atoms with Crippen molar-refractivity contribution in [3.05, 3.63) is 78.0 Å². The van der Waals surface area contributed by atoms with Crippen molar-refractivity contribution >= 4 is 32.6 Å². The second kappa shape index (κ2) is 6.19. The minimum atomic E-state index is 0.0942. The van der Waals surface area contributed by atoms with E-state index < -0.39 is 0 Å². The van der Waals surface area contributed by atoms with Crippen LogP contribution in [0.5, 0.6) is 0 Å². The van der Waals surface area contributed by atoms with Crippen LogP contribution < -0.4 is 4.57 Å². The normalized spacial score (nSPS) is 10.7. The molecule has 21 heavy (non-hydrogen) atoms. The van der Waals surface area contributed by atoms with Gasteiger partial charge in [-0.25, -0.2) is 0 Å². The summed E-state index contributed by atoms with van der Waals surface area (Å²) >= 11 is 3.27. The summed E-state index contributed by atoms with van der Waals surface area (Å²) in [5, 5.41) is 1.47. The van der Waals surface area contributed by atoms with E-state index in [-0.39, 0.29) is 5.78 Å². The fourth-order valence-corrected chi connectivity index (χ4v) is 2.80. The highest BCUT2D eigenvalue weighted by atomic mass is 79.9. The van der Waals surface area contributed by atoms with Gasteiger partial charge in [0, 0.05) is 23.1 Å². The van der Waals surface area contributed by atoms with Crippen LogP contribution in [0, 0.1) is 0 Å². The lowest BCUT2D eigenvalue weighted by atomic mass is 10.1. The first-order chi connectivity index (χ1) is 10.3. The molecule has 0 aliphatic carbocycles. The predicted molar refractivity (Wildman–Crippen MR) is 87.8 cm³/mol. The lowest BCUT2D eigenvalue weighted by Crippen LogP contribution is -2.42. The van der Waals surface area contributed by atoms with Crippen molar-refractivity contribution in [2.24, 2.45) is 0 Å². The Kier molecular flexibility index (Phi) is 4.11. The van der Waals surface area contributed by atoms with Gasteiger partial charge in [0.15, 0.2) is 6.54 Å². The van der Waals surface area contributed by atoms with Gasteiger partial charge in [-0.15, -0.1) is 0 Å². The number of halogens is 1. The minimum absolute atomic E-state index is 0.0942. The van der Waals surface area contributed by atoms with Gasteiger partial charge >= 0.3 is 0 Å². The molecule has 0 amide bonds. The number of carbonyl (C=O) groups excluding carboxylic acids is 1. The fraction of sp³-hybridized carbons (Fsp3) is 0.111. The Hall–Kier alpha value is -2.00. The molecular weight excluding hydrogens is 326 g/mol. The molecule has 0 unspecified atom stereocenters. The van der Waals surface area contributed by atoms with Crippen molar-refractivity contribution in [3.63, 3.8) is 0 Å². The third-order valence-electron chi connectivity index (χ3n) is 3.53. The molecule has 0 fully saturated rings. The Bertz CT molecular complexity index is 784. The number of pyridine rings is 1. The zero-order chi connectivity index (χ0) is 14.7. The van der Waals surface area contributed by atoms with Crippen LogP contribution in [0.15, 0.2) is 66.7 Å². The molecule has 2 aromatic carbocycles. The maximum Gasteiger partial charge on any atom is 0.250 e. The van der Waals surface area contributed by atoms with E-state index in [4.69, 9.17) is 0 Å². The SMILES string of the molecule is O=C(CBr)c1ccc2ccccc2[n+]1Cc1ccccc1. The van der Waals surface area contributed by atoms with Gasteiger partial charge in [-0.1, -0.05) is 58.4 Å². The molecule has 0 bridgehead atoms. The monoisotopic (exact) mass is 340 g/mol. The summed E-state index contributed by atoms with van der Waals surface area (Å²) in [6.07, 6.45) is 0. The molecule has 0 N–H and O–H groups in total. The first-order valence-corrected chi connectivity index (χ1v) is 7.96. The van der Waals surface area contributed by atoms with Gasteiger partial charge in [0.2, 0.25) is 17.0 Å². The molecule has 2 nitrogen and oxygen atoms in total. The molecule has 0 atom stereocenters. The Morgan fingerprint density at radius 1 is 0.905 bits per heavy atom. The van der Waals surface area contributed by atoms with Gasteiger partial charge in [0.1, 0.15) is 0 Å². The number of para-hydroxylation sites is 1. The predicted octanol–water partition coefficient (Wildman–Crippen LogP) is 3.75. The topological polar surface area (TPSA) is 20.9 Å². The van der Waals surface area contributed by atoms with E-state index in [1.165, 1.54) is 5.56 Å². The van der Waals surface area contributed by atoms with Gasteiger partial charge in [0.25, 0.3) is 0 Å². The maximum atomic E-state index is 12.2. The number of rotatable bonds is 4. The van der Waals surface area contributed by atoms with Crippen LogP contribution in [0.3, 0.4) is 0 Å². The average Bonchev–Trinajstić information content (AvgIpc) is 2.55. The third kappa shape index (κ3) is 2.88. The van der Waals surface area contributed by atoms with Crippen LogP contribution in [0.1, 0.15) is 16.1 Å². The summed E-state index contributed by atoms with van der Waals surface area (Å²) in [6.45, 7) is 0.691. The van der Waals surface area contributed by atoms with Crippen LogP contribution in [-0.4, -0.2) is 11.1 Å². The summed E-state index contributed by atoms with van der Waals surface area (Å²) in [6, 6.07) is 22.3. The number of aromatic nitrogens is 1. The zero-order valence-electron chi connectivity index (χ0n) is 11.5. The Balaban J connectivity index is 2.18. The van der Waals surface area contributed by atoms with E-state index in [1.54, 1.807) is 0 Å². The molecular formula is C18H15BrNO+. The molecule has 0 spiro atoms. The molecule has 0 aliphatic rings. The number of ketones is 1. The Morgan fingerprint density at radius 3 is 2.38 bits per heavy atom. The molecule has 3 heteroatoms. The fourth-order valence-electron chi connectivity index (χ4n) is 2.51. The lowest BCUT2D eigenvalue weighted by Gasteiger charge is -2.06. The van der Waals surface area contributed by atoms with Crippen molar-refractivity contribution < 1.29 is 9.36 Å². The number of alkyl halides is 1. The number of hydrogen-bond acceptors (Lipinski definition) is 1. The molecule has 3 rings (SSSR count). The van der Waals surface area contributed by atoms with Gasteiger partial charge in [-0.05, 0) is 12.1 Å². The highest BCUT2D eigenvalue weighted by Crippen LogP contribution is 2.13. The quantitative estimate of drug-likeness (QED) is 0.402. The number of nitrogens with zero attached hydrogens (tertiary/aromatic N) is 1. The number of fused-ring (bicyclic) bond motifs is 1. The van der Waals surface area contributed by atoms with Crippen molar-refractivity contribution in [2.45, 2.75) is 6.54 Å². The van der Waals surface area contributed by atoms with Gasteiger partial charge in [-0.3, -0.25) is 4.79 Å². The maximum absolute atomic E-state index is 12.2. The van der Waals surface area contributed by atoms with Gasteiger partial charge < -0.3 is 0 Å². The second-order valence-electron chi connectivity index (χ2n) is 4.91. The third-order valence-corrected chi connectivity index (χ3v) is 4.04. The van der Waals surface area contributed by atoms with E-state index in [0.29, 0.717) is 11.9 Å². The van der Waals surface area contributed by atoms with Crippen LogP contribution in [0.25, 0.3) is 10.9 Å². The summed E-state index contributed by atoms with van der Waals surface area (Å²) in [5.74, 6) is 0.0942. The standard InChI is InChI=1S/C18H15BrNO/c19-12-18(21)17-11-10-15-8-4-5-9-16(15)20(17)13-14-6-2-1-3-7-14/h1-11H,12-13H2/q+1. The molecule has 0 saturated carbocycles. The van der Waals surface area contributed by atoms with E-state index in [0.717, 1.165) is 16.6 Å². The number of carbonyl (C=O) groups is 1. The van der Waals surface area contributed by atoms with E-state index in [1.807, 2.05) is 42.5 Å². The van der Waals surface area contributed by atoms with Gasteiger partial charge in [0.05, 0.1) is 5.33 Å². The highest BCUT2D eigenvalue weighted by Gasteiger charge is 2.21. The van der Waals surface area contributed by atoms with Crippen molar-refractivity contribution in [3.8, 4) is 0 Å². The largest absolute Gasteiger partial charge is 0.286 e. The number of hydrogen-bond donors (Lipinski definition) is 0. The van der Waals surface area contributed by atoms with Gasteiger partial charge in [-0.2, -0.15) is 4.57 Å². The summed E-state index contributed by atoms with van der Waals surface area (Å²) in [4.78, 5) is 12.2. The molecule has 0 aliphatic heterocycles.